The van der Waals surface area contributed by atoms with Crippen LogP contribution < -0.4 is 25.7 Å². The average molecular weight is 370 g/mol. The zero-order valence-corrected chi connectivity index (χ0v) is 15.6. The predicted molar refractivity (Wildman–Crippen MR) is 106 cm³/mol. The number of unbranched alkanes of at least 4 members (excludes halogenated alkanes) is 1. The van der Waals surface area contributed by atoms with Crippen molar-refractivity contribution >= 4 is 5.96 Å². The molecule has 1 aromatic carbocycles. The highest BCUT2D eigenvalue weighted by Crippen LogP contribution is 2.32. The van der Waals surface area contributed by atoms with Gasteiger partial charge in [0.05, 0.1) is 0 Å². The molecule has 0 spiro atoms. The Hall–Kier alpha value is -2.96. The molecule has 0 unspecified atom stereocenters. The number of nitrogens with one attached hydrogen (secondary N) is 2. The molecule has 0 saturated carbocycles. The third-order valence-electron chi connectivity index (χ3n) is 4.38. The van der Waals surface area contributed by atoms with Crippen molar-refractivity contribution in [1.29, 1.82) is 0 Å². The molecule has 144 valence electrons. The second-order valence-electron chi connectivity index (χ2n) is 6.30. The molecular weight excluding hydrogens is 344 g/mol. The molecule has 0 saturated heterocycles. The lowest BCUT2D eigenvalue weighted by Gasteiger charge is -2.12. The SMILES string of the molecule is CN=C(NCCCCn1ccccc1=O)NCCc1ccc2c(c1)OCO2. The van der Waals surface area contributed by atoms with Gasteiger partial charge in [0.15, 0.2) is 17.5 Å². The summed E-state index contributed by atoms with van der Waals surface area (Å²) in [6.45, 7) is 2.62. The van der Waals surface area contributed by atoms with E-state index in [0.29, 0.717) is 6.79 Å². The van der Waals surface area contributed by atoms with Crippen molar-refractivity contribution in [2.75, 3.05) is 26.9 Å². The summed E-state index contributed by atoms with van der Waals surface area (Å²) in [6.07, 6.45) is 4.59. The van der Waals surface area contributed by atoms with Gasteiger partial charge in [-0.25, -0.2) is 0 Å². The van der Waals surface area contributed by atoms with Crippen LogP contribution in [0.4, 0.5) is 0 Å². The average Bonchev–Trinajstić information content (AvgIpc) is 3.15. The number of nitrogens with zero attached hydrogens (tertiary/aromatic N) is 2. The number of aryl methyl sites for hydroxylation is 1. The maximum atomic E-state index is 11.6. The Kier molecular flexibility index (Phi) is 6.73. The molecule has 0 atom stereocenters. The number of rotatable bonds is 8. The minimum absolute atomic E-state index is 0.0476. The molecule has 0 amide bonds. The van der Waals surface area contributed by atoms with Gasteiger partial charge in [-0.1, -0.05) is 12.1 Å². The van der Waals surface area contributed by atoms with Crippen LogP contribution in [-0.2, 0) is 13.0 Å². The van der Waals surface area contributed by atoms with Crippen LogP contribution >= 0.6 is 0 Å². The summed E-state index contributed by atoms with van der Waals surface area (Å²) in [7, 11) is 1.76. The van der Waals surface area contributed by atoms with Gasteiger partial charge in [0, 0.05) is 38.9 Å². The lowest BCUT2D eigenvalue weighted by atomic mass is 10.1. The van der Waals surface area contributed by atoms with Crippen molar-refractivity contribution in [3.63, 3.8) is 0 Å². The van der Waals surface area contributed by atoms with Crippen molar-refractivity contribution in [2.24, 2.45) is 4.99 Å². The summed E-state index contributed by atoms with van der Waals surface area (Å²) in [5.74, 6) is 2.40. The Labute approximate surface area is 159 Å². The number of guanidine groups is 1. The number of hydrogen-bond acceptors (Lipinski definition) is 4. The molecule has 7 nitrogen and oxygen atoms in total. The maximum Gasteiger partial charge on any atom is 0.250 e. The molecule has 3 rings (SSSR count). The minimum atomic E-state index is 0.0476. The van der Waals surface area contributed by atoms with Crippen molar-refractivity contribution in [1.82, 2.24) is 15.2 Å². The zero-order chi connectivity index (χ0) is 18.9. The number of fused-ring (bicyclic) bond motifs is 1. The van der Waals surface area contributed by atoms with Crippen LogP contribution in [0, 0.1) is 0 Å². The summed E-state index contributed by atoms with van der Waals surface area (Å²) < 4.78 is 12.5. The van der Waals surface area contributed by atoms with Crippen LogP contribution in [0.15, 0.2) is 52.4 Å². The van der Waals surface area contributed by atoms with Gasteiger partial charge >= 0.3 is 0 Å². The fourth-order valence-corrected chi connectivity index (χ4v) is 2.90. The highest BCUT2D eigenvalue weighted by atomic mass is 16.7. The first-order valence-corrected chi connectivity index (χ1v) is 9.25. The molecular formula is C20H26N4O3. The van der Waals surface area contributed by atoms with Gasteiger partial charge in [0.1, 0.15) is 0 Å². The van der Waals surface area contributed by atoms with E-state index in [4.69, 9.17) is 9.47 Å². The first-order chi connectivity index (χ1) is 13.3. The molecule has 2 N–H and O–H groups in total. The number of aliphatic imine (C=N–C) groups is 1. The van der Waals surface area contributed by atoms with E-state index in [2.05, 4.69) is 21.7 Å². The molecule has 0 fully saturated rings. The number of benzene rings is 1. The standard InChI is InChI=1S/C20H26N4O3/c1-21-20(22-10-3-5-13-24-12-4-2-6-19(24)25)23-11-9-16-7-8-17-18(14-16)27-15-26-17/h2,4,6-8,12,14H,3,5,9-11,13,15H2,1H3,(H2,21,22,23). The molecule has 27 heavy (non-hydrogen) atoms. The first kappa shape index (κ1) is 18.8. The second-order valence-corrected chi connectivity index (χ2v) is 6.30. The topological polar surface area (TPSA) is 76.9 Å². The van der Waals surface area contributed by atoms with E-state index in [0.717, 1.165) is 56.4 Å². The fourth-order valence-electron chi connectivity index (χ4n) is 2.90. The smallest absolute Gasteiger partial charge is 0.250 e. The molecule has 0 bridgehead atoms. The molecule has 0 aliphatic carbocycles. The predicted octanol–water partition coefficient (Wildman–Crippen LogP) is 1.76. The summed E-state index contributed by atoms with van der Waals surface area (Å²) in [5, 5.41) is 6.62. The molecule has 7 heteroatoms. The van der Waals surface area contributed by atoms with Crippen LogP contribution in [0.3, 0.4) is 0 Å². The van der Waals surface area contributed by atoms with E-state index in [9.17, 15) is 4.79 Å². The molecule has 1 aliphatic heterocycles. The van der Waals surface area contributed by atoms with E-state index in [1.54, 1.807) is 23.7 Å². The van der Waals surface area contributed by atoms with Gasteiger partial charge in [-0.2, -0.15) is 0 Å². The summed E-state index contributed by atoms with van der Waals surface area (Å²) in [4.78, 5) is 15.9. The highest BCUT2D eigenvalue weighted by molar-refractivity contribution is 5.79. The molecule has 0 radical (unpaired) electrons. The van der Waals surface area contributed by atoms with Crippen molar-refractivity contribution in [3.8, 4) is 11.5 Å². The molecule has 2 heterocycles. The lowest BCUT2D eigenvalue weighted by molar-refractivity contribution is 0.174. The van der Waals surface area contributed by atoms with Crippen LogP contribution in [0.1, 0.15) is 18.4 Å². The Balaban J connectivity index is 1.32. The van der Waals surface area contributed by atoms with E-state index >= 15 is 0 Å². The monoisotopic (exact) mass is 370 g/mol. The number of hydrogen-bond donors (Lipinski definition) is 2. The second kappa shape index (κ2) is 9.66. The van der Waals surface area contributed by atoms with Crippen LogP contribution in [0.25, 0.3) is 0 Å². The maximum absolute atomic E-state index is 11.6. The Morgan fingerprint density at radius 1 is 1.11 bits per heavy atom. The van der Waals surface area contributed by atoms with Gasteiger partial charge in [0.25, 0.3) is 0 Å². The van der Waals surface area contributed by atoms with Crippen LogP contribution in [0.2, 0.25) is 0 Å². The van der Waals surface area contributed by atoms with Gasteiger partial charge in [0.2, 0.25) is 12.4 Å². The van der Waals surface area contributed by atoms with Gasteiger partial charge < -0.3 is 24.7 Å². The minimum Gasteiger partial charge on any atom is -0.454 e. The zero-order valence-electron chi connectivity index (χ0n) is 15.6. The fraction of sp³-hybridized carbons (Fsp3) is 0.400. The summed E-state index contributed by atoms with van der Waals surface area (Å²) in [5.41, 5.74) is 1.24. The van der Waals surface area contributed by atoms with Crippen molar-refractivity contribution < 1.29 is 9.47 Å². The first-order valence-electron chi connectivity index (χ1n) is 9.25. The van der Waals surface area contributed by atoms with E-state index in [1.807, 2.05) is 24.4 Å². The van der Waals surface area contributed by atoms with E-state index < -0.39 is 0 Å². The van der Waals surface area contributed by atoms with Crippen molar-refractivity contribution in [2.45, 2.75) is 25.8 Å². The Morgan fingerprint density at radius 2 is 1.96 bits per heavy atom. The third-order valence-corrected chi connectivity index (χ3v) is 4.38. The Morgan fingerprint density at radius 3 is 2.81 bits per heavy atom. The largest absolute Gasteiger partial charge is 0.454 e. The molecule has 2 aromatic rings. The number of pyridine rings is 1. The van der Waals surface area contributed by atoms with Crippen LogP contribution in [0.5, 0.6) is 11.5 Å². The van der Waals surface area contributed by atoms with Gasteiger partial charge in [-0.05, 0) is 43.0 Å². The molecule has 1 aromatic heterocycles. The van der Waals surface area contributed by atoms with Gasteiger partial charge in [-0.3, -0.25) is 9.79 Å². The summed E-state index contributed by atoms with van der Waals surface area (Å²) >= 11 is 0. The number of aromatic nitrogens is 1. The van der Waals surface area contributed by atoms with Crippen molar-refractivity contribution in [3.05, 3.63) is 58.5 Å². The highest BCUT2D eigenvalue weighted by Gasteiger charge is 2.12. The lowest BCUT2D eigenvalue weighted by Crippen LogP contribution is -2.38. The Bertz CT molecular complexity index is 832. The normalized spacial score (nSPS) is 12.9. The van der Waals surface area contributed by atoms with E-state index in [-0.39, 0.29) is 5.56 Å². The molecule has 1 aliphatic rings. The number of ether oxygens (including phenoxy) is 2. The van der Waals surface area contributed by atoms with E-state index in [1.165, 1.54) is 5.56 Å². The van der Waals surface area contributed by atoms with Crippen LogP contribution in [-0.4, -0.2) is 37.5 Å². The van der Waals surface area contributed by atoms with Gasteiger partial charge in [-0.15, -0.1) is 0 Å². The summed E-state index contributed by atoms with van der Waals surface area (Å²) in [6, 6.07) is 11.3. The quantitative estimate of drug-likeness (QED) is 0.421. The third kappa shape index (κ3) is 5.51.